The Morgan fingerprint density at radius 1 is 1.60 bits per heavy atom. The van der Waals surface area contributed by atoms with E-state index in [2.05, 4.69) is 20.9 Å². The molecule has 0 spiro atoms. The maximum Gasteiger partial charge on any atom is 0.166 e. The lowest BCUT2D eigenvalue weighted by Gasteiger charge is -1.91. The van der Waals surface area contributed by atoms with Crippen LogP contribution in [0.5, 0.6) is 0 Å². The normalized spacial score (nSPS) is 13.0. The monoisotopic (exact) mass is 239 g/mol. The van der Waals surface area contributed by atoms with Crippen LogP contribution in [0.4, 0.5) is 0 Å². The second kappa shape index (κ2) is 3.46. The number of hydrogen-bond donors (Lipinski definition) is 0. The Labute approximate surface area is 73.7 Å². The summed E-state index contributed by atoms with van der Waals surface area (Å²) in [6.45, 7) is 0. The minimum absolute atomic E-state index is 0.380. The number of rotatable bonds is 1. The molecule has 0 aliphatic carbocycles. The fourth-order valence-corrected chi connectivity index (χ4v) is 1.28. The molecule has 1 rings (SSSR count). The van der Waals surface area contributed by atoms with Crippen LogP contribution < -0.4 is 0 Å². The van der Waals surface area contributed by atoms with Crippen LogP contribution >= 0.6 is 26.6 Å². The van der Waals surface area contributed by atoms with Crippen LogP contribution in [0, 0.1) is 0 Å². The number of pyridine rings is 1. The van der Waals surface area contributed by atoms with Crippen molar-refractivity contribution in [1.82, 2.24) is 4.98 Å². The molecule has 0 aromatic carbocycles. The van der Waals surface area contributed by atoms with Gasteiger partial charge in [0.05, 0.1) is 0 Å². The van der Waals surface area contributed by atoms with E-state index in [0.717, 1.165) is 4.47 Å². The third kappa shape index (κ3) is 2.04. The van der Waals surface area contributed by atoms with Gasteiger partial charge in [0.2, 0.25) is 0 Å². The second-order valence-corrected chi connectivity index (χ2v) is 4.16. The lowest BCUT2D eigenvalue weighted by molar-refractivity contribution is 0.688. The maximum absolute atomic E-state index is 10.6. The first kappa shape index (κ1) is 8.17. The number of aromatic nitrogens is 1. The van der Waals surface area contributed by atoms with E-state index in [0.29, 0.717) is 5.03 Å². The van der Waals surface area contributed by atoms with E-state index in [1.807, 2.05) is 0 Å². The number of halogens is 2. The van der Waals surface area contributed by atoms with Gasteiger partial charge in [-0.15, -0.1) is 0 Å². The molecule has 54 valence electrons. The van der Waals surface area contributed by atoms with Gasteiger partial charge in [-0.2, -0.15) is 0 Å². The van der Waals surface area contributed by atoms with Gasteiger partial charge < -0.3 is 0 Å². The fourth-order valence-electron chi connectivity index (χ4n) is 0.457. The first-order valence-electron chi connectivity index (χ1n) is 2.40. The van der Waals surface area contributed by atoms with Gasteiger partial charge in [0.25, 0.3) is 0 Å². The summed E-state index contributed by atoms with van der Waals surface area (Å²) in [7, 11) is 3.75. The summed E-state index contributed by atoms with van der Waals surface area (Å²) in [6.07, 6.45) is 1.55. The predicted octanol–water partition coefficient (Wildman–Crippen LogP) is 2.11. The molecule has 0 aliphatic heterocycles. The topological polar surface area (TPSA) is 30.0 Å². The van der Waals surface area contributed by atoms with E-state index in [1.54, 1.807) is 18.3 Å². The van der Waals surface area contributed by atoms with Gasteiger partial charge >= 0.3 is 0 Å². The third-order valence-corrected chi connectivity index (χ3v) is 2.38. The van der Waals surface area contributed by atoms with Crippen molar-refractivity contribution in [2.45, 2.75) is 5.03 Å². The highest BCUT2D eigenvalue weighted by atomic mass is 79.9. The van der Waals surface area contributed by atoms with Gasteiger partial charge in [0, 0.05) is 10.7 Å². The molecule has 0 saturated heterocycles. The Morgan fingerprint density at radius 2 is 2.30 bits per heavy atom. The van der Waals surface area contributed by atoms with Crippen molar-refractivity contribution in [2.75, 3.05) is 0 Å². The summed E-state index contributed by atoms with van der Waals surface area (Å²) in [5.41, 5.74) is 0. The Balaban J connectivity index is 3.00. The van der Waals surface area contributed by atoms with Crippen molar-refractivity contribution < 1.29 is 4.21 Å². The van der Waals surface area contributed by atoms with Gasteiger partial charge in [-0.3, -0.25) is 0 Å². The van der Waals surface area contributed by atoms with Crippen LogP contribution in [0.3, 0.4) is 0 Å². The SMILES string of the molecule is O=[S@@](Cl)c1ccc(Br)cn1. The molecule has 1 aromatic heterocycles. The molecule has 0 N–H and O–H groups in total. The molecule has 0 radical (unpaired) electrons. The van der Waals surface area contributed by atoms with Crippen LogP contribution in [-0.2, 0) is 10.0 Å². The first-order chi connectivity index (χ1) is 4.70. The smallest absolute Gasteiger partial charge is 0.166 e. The molecule has 0 saturated carbocycles. The standard InChI is InChI=1S/C5H3BrClNOS/c6-4-1-2-5(8-3-4)10(7)9/h1-3H/t10-/m1/s1. The molecule has 5 heteroatoms. The third-order valence-electron chi connectivity index (χ3n) is 0.865. The molecule has 0 fully saturated rings. The largest absolute Gasteiger partial charge is 0.245 e. The van der Waals surface area contributed by atoms with E-state index in [4.69, 9.17) is 10.7 Å². The molecule has 2 nitrogen and oxygen atoms in total. The highest BCUT2D eigenvalue weighted by Gasteiger charge is 1.98. The van der Waals surface area contributed by atoms with Gasteiger partial charge in [-0.1, -0.05) is 0 Å². The molecule has 0 unspecified atom stereocenters. The highest BCUT2D eigenvalue weighted by Crippen LogP contribution is 2.11. The van der Waals surface area contributed by atoms with Gasteiger partial charge in [0.15, 0.2) is 10.0 Å². The summed E-state index contributed by atoms with van der Waals surface area (Å²) in [5, 5.41) is 0.380. The molecular weight excluding hydrogens is 237 g/mol. The van der Waals surface area contributed by atoms with Crippen LogP contribution in [-0.4, -0.2) is 9.19 Å². The molecule has 1 atom stereocenters. The number of hydrogen-bond acceptors (Lipinski definition) is 2. The zero-order chi connectivity index (χ0) is 7.56. The summed E-state index contributed by atoms with van der Waals surface area (Å²) in [5.74, 6) is 0. The van der Waals surface area contributed by atoms with Crippen molar-refractivity contribution >= 4 is 36.6 Å². The average Bonchev–Trinajstić information content (AvgIpc) is 1.88. The van der Waals surface area contributed by atoms with Crippen LogP contribution in [0.1, 0.15) is 0 Å². The first-order valence-corrected chi connectivity index (χ1v) is 5.16. The Hall–Kier alpha value is 0.0700. The Kier molecular flexibility index (Phi) is 2.82. The lowest BCUT2D eigenvalue weighted by Crippen LogP contribution is -1.84. The summed E-state index contributed by atoms with van der Waals surface area (Å²) >= 11 is 3.19. The molecule has 10 heavy (non-hydrogen) atoms. The number of nitrogens with zero attached hydrogens (tertiary/aromatic N) is 1. The van der Waals surface area contributed by atoms with Crippen molar-refractivity contribution in [3.05, 3.63) is 22.8 Å². The zero-order valence-corrected chi connectivity index (χ0v) is 7.91. The highest BCUT2D eigenvalue weighted by molar-refractivity contribution is 9.10. The van der Waals surface area contributed by atoms with Crippen molar-refractivity contribution in [1.29, 1.82) is 0 Å². The molecule has 0 bridgehead atoms. The zero-order valence-electron chi connectivity index (χ0n) is 4.75. The lowest BCUT2D eigenvalue weighted by atomic mass is 10.5. The van der Waals surface area contributed by atoms with E-state index in [9.17, 15) is 4.21 Å². The van der Waals surface area contributed by atoms with E-state index in [-0.39, 0.29) is 0 Å². The maximum atomic E-state index is 10.6. The van der Waals surface area contributed by atoms with E-state index >= 15 is 0 Å². The minimum Gasteiger partial charge on any atom is -0.245 e. The average molecular weight is 241 g/mol. The van der Waals surface area contributed by atoms with E-state index in [1.165, 1.54) is 0 Å². The molecule has 1 aromatic rings. The molecule has 0 aliphatic rings. The summed E-state index contributed by atoms with van der Waals surface area (Å²) < 4.78 is 11.4. The van der Waals surface area contributed by atoms with Crippen LogP contribution in [0.25, 0.3) is 0 Å². The fraction of sp³-hybridized carbons (Fsp3) is 0. The van der Waals surface area contributed by atoms with Crippen LogP contribution in [0.2, 0.25) is 0 Å². The Morgan fingerprint density at radius 3 is 2.70 bits per heavy atom. The Bertz CT molecular complexity index is 250. The predicted molar refractivity (Wildman–Crippen MR) is 44.2 cm³/mol. The second-order valence-electron chi connectivity index (χ2n) is 1.54. The minimum atomic E-state index is -1.50. The van der Waals surface area contributed by atoms with Crippen molar-refractivity contribution in [3.63, 3.8) is 0 Å². The van der Waals surface area contributed by atoms with Crippen molar-refractivity contribution in [3.8, 4) is 0 Å². The summed E-state index contributed by atoms with van der Waals surface area (Å²) in [4.78, 5) is 3.80. The quantitative estimate of drug-likeness (QED) is 0.704. The molecule has 0 amide bonds. The van der Waals surface area contributed by atoms with Gasteiger partial charge in [-0.05, 0) is 38.7 Å². The van der Waals surface area contributed by atoms with Crippen molar-refractivity contribution in [2.24, 2.45) is 0 Å². The molecule has 1 heterocycles. The van der Waals surface area contributed by atoms with Gasteiger partial charge in [-0.25, -0.2) is 9.19 Å². The van der Waals surface area contributed by atoms with E-state index < -0.39 is 10.0 Å². The molecular formula is C5H3BrClNOS. The van der Waals surface area contributed by atoms with Crippen LogP contribution in [0.15, 0.2) is 27.8 Å². The summed E-state index contributed by atoms with van der Waals surface area (Å²) in [6, 6.07) is 3.34. The van der Waals surface area contributed by atoms with Gasteiger partial charge in [0.1, 0.15) is 5.03 Å².